The predicted octanol–water partition coefficient (Wildman–Crippen LogP) is 12.9. The number of hydrogen-bond acceptors (Lipinski definition) is 4. The topological polar surface area (TPSA) is 63.2 Å². The molecule has 3 aliphatic rings. The van der Waals surface area contributed by atoms with Gasteiger partial charge in [0.25, 0.3) is 0 Å². The second-order valence-electron chi connectivity index (χ2n) is 16.0. The van der Waals surface area contributed by atoms with Crippen LogP contribution in [-0.4, -0.2) is 17.8 Å². The lowest BCUT2D eigenvalue weighted by molar-refractivity contribution is 0.353. The number of benzene rings is 7. The second kappa shape index (κ2) is 13.3. The van der Waals surface area contributed by atoms with Crippen molar-refractivity contribution >= 4 is 49.9 Å². The van der Waals surface area contributed by atoms with Gasteiger partial charge in [-0.05, 0) is 115 Å². The Morgan fingerprint density at radius 3 is 2.19 bits per heavy atom. The van der Waals surface area contributed by atoms with E-state index < -0.39 is 11.3 Å². The van der Waals surface area contributed by atoms with Gasteiger partial charge in [-0.15, -0.1) is 0 Å². The van der Waals surface area contributed by atoms with Crippen molar-refractivity contribution < 1.29 is 0 Å². The zero-order valence-corrected chi connectivity index (χ0v) is 32.2. The molecule has 7 aromatic rings. The molecule has 0 amide bonds. The summed E-state index contributed by atoms with van der Waals surface area (Å²) >= 11 is 0. The second-order valence-corrected chi connectivity index (χ2v) is 16.0. The number of hydrogen-bond donors (Lipinski definition) is 0. The fourth-order valence-corrected chi connectivity index (χ4v) is 9.72. The van der Waals surface area contributed by atoms with Crippen LogP contribution in [-0.2, 0) is 6.42 Å². The molecule has 1 aliphatic heterocycles. The quantitative estimate of drug-likeness (QED) is 0.169. The molecule has 0 saturated carbocycles. The van der Waals surface area contributed by atoms with Crippen molar-refractivity contribution in [3.8, 4) is 34.4 Å². The zero-order chi connectivity index (χ0) is 38.8. The standard InChI is InChI=1S/C53H40N4/c1-33-23-24-40-36(26-33)28-46(44-21-10-8-20-43(40)44)37-29-48(47-27-34-14-4-6-17-39(34)42-19-9-11-22-45(42)47)50-49(30-37)51(41-18-7-5-15-35(41)31-54)57(3)52(56-50)53(2)25-13-12-16-38(53)32-55/h4-25,27-30,33,38,51H,26H2,1-3H3. The van der Waals surface area contributed by atoms with Crippen molar-refractivity contribution in [3.05, 3.63) is 180 Å². The molecule has 2 aliphatic carbocycles. The Morgan fingerprint density at radius 1 is 0.702 bits per heavy atom. The molecule has 4 nitrogen and oxygen atoms in total. The van der Waals surface area contributed by atoms with Crippen molar-refractivity contribution in [3.63, 3.8) is 0 Å². The first-order valence-corrected chi connectivity index (χ1v) is 19.8. The molecule has 0 aromatic heterocycles. The van der Waals surface area contributed by atoms with Crippen LogP contribution in [0, 0.1) is 39.9 Å². The molecule has 0 spiro atoms. The van der Waals surface area contributed by atoms with Crippen LogP contribution in [0.25, 0.3) is 60.6 Å². The van der Waals surface area contributed by atoms with Gasteiger partial charge in [0.2, 0.25) is 0 Å². The molecule has 0 radical (unpaired) electrons. The van der Waals surface area contributed by atoms with E-state index in [0.717, 1.165) is 56.5 Å². The van der Waals surface area contributed by atoms with E-state index in [1.807, 2.05) is 36.4 Å². The summed E-state index contributed by atoms with van der Waals surface area (Å²) < 4.78 is 0. The number of nitrogens with zero attached hydrogens (tertiary/aromatic N) is 4. The number of amidine groups is 1. The average Bonchev–Trinajstić information content (AvgIpc) is 3.25. The van der Waals surface area contributed by atoms with Gasteiger partial charge in [0, 0.05) is 18.2 Å². The number of fused-ring (bicyclic) bond motifs is 7. The largest absolute Gasteiger partial charge is 0.351 e. The Bertz CT molecular complexity index is 3040. The lowest BCUT2D eigenvalue weighted by Gasteiger charge is -2.44. The summed E-state index contributed by atoms with van der Waals surface area (Å²) in [6.07, 6.45) is 13.7. The maximum absolute atomic E-state index is 10.6. The molecule has 57 heavy (non-hydrogen) atoms. The van der Waals surface area contributed by atoms with E-state index >= 15 is 0 Å². The highest BCUT2D eigenvalue weighted by molar-refractivity contribution is 6.15. The fourth-order valence-electron chi connectivity index (χ4n) is 9.72. The van der Waals surface area contributed by atoms with Crippen LogP contribution in [0.4, 0.5) is 5.69 Å². The molecular formula is C53H40N4. The highest BCUT2D eigenvalue weighted by atomic mass is 15.2. The Hall–Kier alpha value is -7.01. The Kier molecular flexibility index (Phi) is 8.06. The Balaban J connectivity index is 1.37. The van der Waals surface area contributed by atoms with Crippen LogP contribution in [0.5, 0.6) is 0 Å². The van der Waals surface area contributed by atoms with Crippen molar-refractivity contribution in [1.82, 2.24) is 4.90 Å². The number of nitriles is 2. The molecular weight excluding hydrogens is 693 g/mol. The minimum atomic E-state index is -0.726. The van der Waals surface area contributed by atoms with Gasteiger partial charge in [-0.2, -0.15) is 10.5 Å². The van der Waals surface area contributed by atoms with Crippen LogP contribution < -0.4 is 0 Å². The molecule has 0 bridgehead atoms. The summed E-state index contributed by atoms with van der Waals surface area (Å²) in [5, 5.41) is 28.3. The summed E-state index contributed by atoms with van der Waals surface area (Å²) in [7, 11) is 2.08. The Labute approximate surface area is 333 Å². The molecule has 0 fully saturated rings. The van der Waals surface area contributed by atoms with Crippen molar-refractivity contribution in [2.75, 3.05) is 7.05 Å². The summed E-state index contributed by atoms with van der Waals surface area (Å²) in [6, 6.07) is 48.1. The Morgan fingerprint density at radius 2 is 1.40 bits per heavy atom. The number of aliphatic imine (C=N–C) groups is 1. The minimum Gasteiger partial charge on any atom is -0.351 e. The van der Waals surface area contributed by atoms with E-state index in [1.165, 1.54) is 38.2 Å². The molecule has 0 saturated heterocycles. The molecule has 4 heteroatoms. The summed E-state index contributed by atoms with van der Waals surface area (Å²) in [4.78, 5) is 7.92. The number of rotatable bonds is 4. The van der Waals surface area contributed by atoms with Gasteiger partial charge in [0.15, 0.2) is 0 Å². The molecule has 10 rings (SSSR count). The van der Waals surface area contributed by atoms with Gasteiger partial charge in [-0.1, -0.05) is 134 Å². The average molecular weight is 733 g/mol. The molecule has 7 aromatic carbocycles. The predicted molar refractivity (Wildman–Crippen MR) is 235 cm³/mol. The molecule has 0 N–H and O–H groups in total. The van der Waals surface area contributed by atoms with E-state index in [-0.39, 0.29) is 6.04 Å². The van der Waals surface area contributed by atoms with Crippen LogP contribution in [0.1, 0.15) is 47.7 Å². The van der Waals surface area contributed by atoms with Crippen molar-refractivity contribution in [2.45, 2.75) is 26.3 Å². The third-order valence-corrected chi connectivity index (χ3v) is 12.5. The third-order valence-electron chi connectivity index (χ3n) is 12.5. The first-order valence-electron chi connectivity index (χ1n) is 19.8. The van der Waals surface area contributed by atoms with E-state index in [0.29, 0.717) is 11.5 Å². The van der Waals surface area contributed by atoms with Gasteiger partial charge < -0.3 is 4.90 Å². The van der Waals surface area contributed by atoms with Gasteiger partial charge in [0.1, 0.15) is 5.84 Å². The maximum Gasteiger partial charge on any atom is 0.117 e. The normalized spacial score (nSPS) is 20.9. The maximum atomic E-state index is 10.6. The summed E-state index contributed by atoms with van der Waals surface area (Å²) in [6.45, 7) is 4.40. The van der Waals surface area contributed by atoms with Gasteiger partial charge in [-0.25, -0.2) is 4.99 Å². The first-order chi connectivity index (χ1) is 27.9. The van der Waals surface area contributed by atoms with E-state index in [4.69, 9.17) is 4.99 Å². The third kappa shape index (κ3) is 5.37. The molecule has 4 unspecified atom stereocenters. The molecule has 1 heterocycles. The first kappa shape index (κ1) is 34.5. The summed E-state index contributed by atoms with van der Waals surface area (Å²) in [5.41, 5.74) is 9.75. The SMILES string of the molecule is CC1C=Cc2c(cc(-c3cc(-c4cc5ccccc5c5ccccc45)c4c(c3)C(c3ccccc3C#N)N(C)C(C3(C)C=CC=CC3C#N)=N4)c3ccccc23)C1. The molecule has 4 atom stereocenters. The minimum absolute atomic E-state index is 0.365. The highest BCUT2D eigenvalue weighted by Crippen LogP contribution is 2.52. The van der Waals surface area contributed by atoms with Crippen LogP contribution >= 0.6 is 0 Å². The monoisotopic (exact) mass is 732 g/mol. The lowest BCUT2D eigenvalue weighted by Crippen LogP contribution is -2.47. The van der Waals surface area contributed by atoms with Crippen molar-refractivity contribution in [1.29, 1.82) is 10.5 Å². The van der Waals surface area contributed by atoms with Gasteiger partial charge >= 0.3 is 0 Å². The number of allylic oxidation sites excluding steroid dienone is 4. The van der Waals surface area contributed by atoms with Crippen LogP contribution in [0.15, 0.2) is 157 Å². The van der Waals surface area contributed by atoms with E-state index in [1.54, 1.807) is 0 Å². The van der Waals surface area contributed by atoms with Crippen LogP contribution in [0.3, 0.4) is 0 Å². The van der Waals surface area contributed by atoms with E-state index in [9.17, 15) is 10.5 Å². The van der Waals surface area contributed by atoms with Gasteiger partial charge in [-0.3, -0.25) is 0 Å². The molecule has 272 valence electrons. The van der Waals surface area contributed by atoms with Crippen LogP contribution in [0.2, 0.25) is 0 Å². The van der Waals surface area contributed by atoms with Gasteiger partial charge in [0.05, 0.1) is 40.8 Å². The van der Waals surface area contributed by atoms with Crippen molar-refractivity contribution in [2.24, 2.45) is 22.2 Å². The fraction of sp³-hybridized carbons (Fsp3) is 0.151. The summed E-state index contributed by atoms with van der Waals surface area (Å²) in [5.74, 6) is 0.809. The smallest absolute Gasteiger partial charge is 0.117 e. The zero-order valence-electron chi connectivity index (χ0n) is 32.2. The van der Waals surface area contributed by atoms with E-state index in [2.05, 4.69) is 159 Å². The lowest BCUT2D eigenvalue weighted by atomic mass is 9.72. The highest BCUT2D eigenvalue weighted by Gasteiger charge is 2.44.